The Balaban J connectivity index is 0.000000487. The number of nitrogens with two attached hydrogens (primary N) is 1. The average molecular weight is 231 g/mol. The zero-order valence-corrected chi connectivity index (χ0v) is 9.90. The van der Waals surface area contributed by atoms with Gasteiger partial charge in [-0.2, -0.15) is 0 Å². The third kappa shape index (κ3) is 4.61. The van der Waals surface area contributed by atoms with Gasteiger partial charge in [-0.1, -0.05) is 19.3 Å². The monoisotopic (exact) mass is 231 g/mol. The second-order valence-corrected chi connectivity index (χ2v) is 4.45. The number of aliphatic carboxylic acids is 2. The van der Waals surface area contributed by atoms with Crippen molar-refractivity contribution >= 4 is 11.9 Å². The van der Waals surface area contributed by atoms with Crippen LogP contribution >= 0.6 is 0 Å². The molecule has 0 spiro atoms. The summed E-state index contributed by atoms with van der Waals surface area (Å²) in [6.07, 6.45) is 4.77. The van der Waals surface area contributed by atoms with Crippen molar-refractivity contribution in [2.24, 2.45) is 11.1 Å². The zero-order valence-electron chi connectivity index (χ0n) is 9.90. The summed E-state index contributed by atoms with van der Waals surface area (Å²) < 4.78 is 0. The predicted molar refractivity (Wildman–Crippen MR) is 60.1 cm³/mol. The molecule has 1 aliphatic rings. The Morgan fingerprint density at radius 2 is 1.75 bits per heavy atom. The van der Waals surface area contributed by atoms with Crippen molar-refractivity contribution in [3.05, 3.63) is 0 Å². The highest BCUT2D eigenvalue weighted by molar-refractivity contribution is 5.75. The fraction of sp³-hybridized carbons (Fsp3) is 0.818. The van der Waals surface area contributed by atoms with Crippen LogP contribution < -0.4 is 5.73 Å². The van der Waals surface area contributed by atoms with E-state index in [2.05, 4.69) is 0 Å². The number of carboxylic acids is 2. The first-order chi connectivity index (χ1) is 7.30. The van der Waals surface area contributed by atoms with Crippen LogP contribution in [0.2, 0.25) is 0 Å². The van der Waals surface area contributed by atoms with E-state index in [9.17, 15) is 4.79 Å². The fourth-order valence-corrected chi connectivity index (χ4v) is 1.80. The fourth-order valence-electron chi connectivity index (χ4n) is 1.80. The van der Waals surface area contributed by atoms with E-state index in [1.807, 2.05) is 0 Å². The maximum Gasteiger partial charge on any atom is 0.310 e. The molecule has 1 fully saturated rings. The quantitative estimate of drug-likeness (QED) is 0.593. The van der Waals surface area contributed by atoms with Crippen molar-refractivity contribution in [3.8, 4) is 0 Å². The molecule has 2 unspecified atom stereocenters. The van der Waals surface area contributed by atoms with Crippen LogP contribution in [0.25, 0.3) is 0 Å². The van der Waals surface area contributed by atoms with Gasteiger partial charge in [0.1, 0.15) is 0 Å². The number of carboxylic acid groups (broad SMARTS) is 2. The minimum Gasteiger partial charge on any atom is -0.481 e. The van der Waals surface area contributed by atoms with Crippen LogP contribution in [-0.2, 0) is 9.59 Å². The summed E-state index contributed by atoms with van der Waals surface area (Å²) in [6, 6.07) is -0.169. The van der Waals surface area contributed by atoms with E-state index in [0.717, 1.165) is 39.0 Å². The first-order valence-electron chi connectivity index (χ1n) is 5.49. The van der Waals surface area contributed by atoms with Gasteiger partial charge in [-0.05, 0) is 19.8 Å². The van der Waals surface area contributed by atoms with Crippen molar-refractivity contribution in [1.29, 1.82) is 0 Å². The Kier molecular flexibility index (Phi) is 6.03. The lowest BCUT2D eigenvalue weighted by molar-refractivity contribution is -0.149. The van der Waals surface area contributed by atoms with Crippen LogP contribution in [-0.4, -0.2) is 28.2 Å². The molecule has 94 valence electrons. The summed E-state index contributed by atoms with van der Waals surface area (Å²) in [4.78, 5) is 20.0. The van der Waals surface area contributed by atoms with E-state index in [-0.39, 0.29) is 6.04 Å². The molecule has 5 heteroatoms. The Morgan fingerprint density at radius 3 is 2.19 bits per heavy atom. The molecule has 2 atom stereocenters. The highest BCUT2D eigenvalue weighted by Crippen LogP contribution is 2.33. The molecule has 1 aliphatic carbocycles. The Morgan fingerprint density at radius 1 is 1.25 bits per heavy atom. The van der Waals surface area contributed by atoms with Crippen LogP contribution in [0.15, 0.2) is 0 Å². The Hall–Kier alpha value is -1.10. The van der Waals surface area contributed by atoms with Gasteiger partial charge >= 0.3 is 5.97 Å². The lowest BCUT2D eigenvalue weighted by Crippen LogP contribution is -2.44. The smallest absolute Gasteiger partial charge is 0.310 e. The summed E-state index contributed by atoms with van der Waals surface area (Å²) in [5, 5.41) is 16.4. The van der Waals surface area contributed by atoms with Crippen LogP contribution in [0.5, 0.6) is 0 Å². The minimum absolute atomic E-state index is 0.169. The molecule has 0 saturated heterocycles. The summed E-state index contributed by atoms with van der Waals surface area (Å²) in [6.45, 7) is 2.85. The second kappa shape index (κ2) is 6.48. The van der Waals surface area contributed by atoms with Gasteiger partial charge in [0.25, 0.3) is 5.97 Å². The molecular formula is C11H21NO4. The molecule has 1 rings (SSSR count). The maximum atomic E-state index is 11.0. The lowest BCUT2D eigenvalue weighted by Gasteiger charge is -2.28. The van der Waals surface area contributed by atoms with E-state index in [0.29, 0.717) is 0 Å². The summed E-state index contributed by atoms with van der Waals surface area (Å²) in [7, 11) is 0. The molecule has 0 radical (unpaired) electrons. The topological polar surface area (TPSA) is 101 Å². The Bertz CT molecular complexity index is 250. The van der Waals surface area contributed by atoms with E-state index in [4.69, 9.17) is 20.7 Å². The van der Waals surface area contributed by atoms with Gasteiger partial charge in [0.05, 0.1) is 5.41 Å². The van der Waals surface area contributed by atoms with Gasteiger partial charge in [0, 0.05) is 13.0 Å². The summed E-state index contributed by atoms with van der Waals surface area (Å²) in [5.41, 5.74) is 5.15. The average Bonchev–Trinajstić information content (AvgIpc) is 2.30. The molecule has 0 aliphatic heterocycles. The van der Waals surface area contributed by atoms with Gasteiger partial charge in [-0.15, -0.1) is 0 Å². The third-order valence-electron chi connectivity index (χ3n) is 3.02. The van der Waals surface area contributed by atoms with Crippen LogP contribution in [0.1, 0.15) is 46.0 Å². The van der Waals surface area contributed by atoms with Gasteiger partial charge in [-0.25, -0.2) is 0 Å². The molecule has 16 heavy (non-hydrogen) atoms. The van der Waals surface area contributed by atoms with Crippen LogP contribution in [0.4, 0.5) is 0 Å². The molecule has 0 aromatic heterocycles. The molecule has 4 N–H and O–H groups in total. The van der Waals surface area contributed by atoms with Crippen molar-refractivity contribution in [3.63, 3.8) is 0 Å². The first-order valence-corrected chi connectivity index (χ1v) is 5.49. The molecular weight excluding hydrogens is 210 g/mol. The molecule has 0 amide bonds. The summed E-state index contributed by atoms with van der Waals surface area (Å²) >= 11 is 0. The molecule has 0 aromatic rings. The van der Waals surface area contributed by atoms with E-state index in [1.54, 1.807) is 6.92 Å². The highest BCUT2D eigenvalue weighted by atomic mass is 16.4. The second-order valence-electron chi connectivity index (χ2n) is 4.45. The number of rotatable bonds is 1. The Labute approximate surface area is 95.6 Å². The highest BCUT2D eigenvalue weighted by Gasteiger charge is 2.39. The normalized spacial score (nSPS) is 29.6. The van der Waals surface area contributed by atoms with Crippen molar-refractivity contribution in [2.45, 2.75) is 52.0 Å². The maximum absolute atomic E-state index is 11.0. The van der Waals surface area contributed by atoms with E-state index >= 15 is 0 Å². The molecule has 0 bridgehead atoms. The van der Waals surface area contributed by atoms with Crippen LogP contribution in [0.3, 0.4) is 0 Å². The van der Waals surface area contributed by atoms with Crippen molar-refractivity contribution in [1.82, 2.24) is 0 Å². The van der Waals surface area contributed by atoms with Crippen molar-refractivity contribution in [2.75, 3.05) is 0 Å². The van der Waals surface area contributed by atoms with Gasteiger partial charge in [-0.3, -0.25) is 9.59 Å². The zero-order chi connectivity index (χ0) is 12.8. The van der Waals surface area contributed by atoms with Crippen LogP contribution in [0, 0.1) is 5.41 Å². The van der Waals surface area contributed by atoms with Gasteiger partial charge < -0.3 is 15.9 Å². The van der Waals surface area contributed by atoms with E-state index in [1.165, 1.54) is 0 Å². The minimum atomic E-state index is -0.833. The SMILES string of the molecule is CC(=O)O.CC1(C(=O)O)CCCCCC1N. The number of carbonyl (C=O) groups is 2. The van der Waals surface area contributed by atoms with Crippen molar-refractivity contribution < 1.29 is 19.8 Å². The van der Waals surface area contributed by atoms with Gasteiger partial charge in [0.2, 0.25) is 0 Å². The first kappa shape index (κ1) is 14.9. The van der Waals surface area contributed by atoms with Gasteiger partial charge in [0.15, 0.2) is 0 Å². The lowest BCUT2D eigenvalue weighted by atomic mass is 9.79. The number of hydrogen-bond acceptors (Lipinski definition) is 3. The molecule has 5 nitrogen and oxygen atoms in total. The number of hydrogen-bond donors (Lipinski definition) is 3. The molecule has 0 aromatic carbocycles. The standard InChI is InChI=1S/C9H17NO2.C2H4O2/c1-9(8(11)12)6-4-2-3-5-7(9)10;1-2(3)4/h7H,2-6,10H2,1H3,(H,11,12);1H3,(H,3,4). The molecule has 1 saturated carbocycles. The summed E-state index contributed by atoms with van der Waals surface area (Å²) in [5.74, 6) is -1.57. The van der Waals surface area contributed by atoms with E-state index < -0.39 is 17.4 Å². The third-order valence-corrected chi connectivity index (χ3v) is 3.02. The largest absolute Gasteiger partial charge is 0.481 e. The predicted octanol–water partition coefficient (Wildman–Crippen LogP) is 1.46. The molecule has 0 heterocycles.